The number of nitrogens with zero attached hydrogens (tertiary/aromatic N) is 3. The van der Waals surface area contributed by atoms with Crippen LogP contribution in [0.4, 0.5) is 0 Å². The molecule has 0 spiro atoms. The van der Waals surface area contributed by atoms with Gasteiger partial charge in [-0.2, -0.15) is 10.4 Å². The lowest BCUT2D eigenvalue weighted by molar-refractivity contribution is 0.290. The third-order valence-electron chi connectivity index (χ3n) is 1.87. The second-order valence-electron chi connectivity index (χ2n) is 2.95. The van der Waals surface area contributed by atoms with Gasteiger partial charge >= 0.3 is 0 Å². The molecule has 0 saturated carbocycles. The fourth-order valence-corrected chi connectivity index (χ4v) is 1.18. The van der Waals surface area contributed by atoms with Gasteiger partial charge in [-0.05, 0) is 14.0 Å². The lowest BCUT2D eigenvalue weighted by Gasteiger charge is -2.05. The van der Waals surface area contributed by atoms with Crippen molar-refractivity contribution in [1.82, 2.24) is 15.1 Å². The zero-order chi connectivity index (χ0) is 10.6. The number of nitriles is 1. The van der Waals surface area contributed by atoms with Crippen molar-refractivity contribution in [3.05, 3.63) is 11.3 Å². The summed E-state index contributed by atoms with van der Waals surface area (Å²) in [7, 11) is 3.62. The molecule has 1 N–H and O–H groups in total. The number of aryl methyl sites for hydroxylation is 2. The van der Waals surface area contributed by atoms with Gasteiger partial charge in [0.15, 0.2) is 0 Å². The van der Waals surface area contributed by atoms with E-state index in [-0.39, 0.29) is 0 Å². The average Bonchev–Trinajstić information content (AvgIpc) is 2.42. The standard InChI is InChI=1S/C9H14N4O/c1-7-8(6-10)9(13(3)12-7)14-5-4-11-2/h11H,4-5H2,1-3H3. The van der Waals surface area contributed by atoms with Gasteiger partial charge < -0.3 is 10.1 Å². The van der Waals surface area contributed by atoms with Gasteiger partial charge in [0, 0.05) is 13.6 Å². The van der Waals surface area contributed by atoms with Crippen molar-refractivity contribution in [1.29, 1.82) is 5.26 Å². The molecule has 0 bridgehead atoms. The summed E-state index contributed by atoms with van der Waals surface area (Å²) < 4.78 is 7.02. The number of likely N-dealkylation sites (N-methyl/N-ethyl adjacent to an activating group) is 1. The van der Waals surface area contributed by atoms with Crippen LogP contribution in [-0.2, 0) is 7.05 Å². The minimum absolute atomic E-state index is 0.517. The van der Waals surface area contributed by atoms with Crippen LogP contribution in [0.25, 0.3) is 0 Å². The van der Waals surface area contributed by atoms with Crippen LogP contribution < -0.4 is 10.1 Å². The number of aromatic nitrogens is 2. The van der Waals surface area contributed by atoms with Gasteiger partial charge in [-0.3, -0.25) is 0 Å². The molecule has 5 nitrogen and oxygen atoms in total. The van der Waals surface area contributed by atoms with E-state index in [1.54, 1.807) is 18.7 Å². The lowest BCUT2D eigenvalue weighted by Crippen LogP contribution is -2.17. The molecule has 0 amide bonds. The fourth-order valence-electron chi connectivity index (χ4n) is 1.18. The smallest absolute Gasteiger partial charge is 0.230 e. The van der Waals surface area contributed by atoms with Crippen LogP contribution in [0, 0.1) is 18.3 Å². The van der Waals surface area contributed by atoms with Gasteiger partial charge in [0.2, 0.25) is 5.88 Å². The summed E-state index contributed by atoms with van der Waals surface area (Å²) >= 11 is 0. The van der Waals surface area contributed by atoms with Crippen molar-refractivity contribution in [2.75, 3.05) is 20.2 Å². The Morgan fingerprint density at radius 2 is 2.36 bits per heavy atom. The van der Waals surface area contributed by atoms with Crippen LogP contribution in [0.1, 0.15) is 11.3 Å². The molecule has 0 radical (unpaired) electrons. The Labute approximate surface area is 83.3 Å². The van der Waals surface area contributed by atoms with Crippen molar-refractivity contribution in [3.63, 3.8) is 0 Å². The first-order chi connectivity index (χ1) is 6.70. The summed E-state index contributed by atoms with van der Waals surface area (Å²) in [5, 5.41) is 15.9. The first kappa shape index (κ1) is 10.5. The molecule has 0 saturated heterocycles. The zero-order valence-electron chi connectivity index (χ0n) is 8.66. The first-order valence-corrected chi connectivity index (χ1v) is 4.41. The highest BCUT2D eigenvalue weighted by atomic mass is 16.5. The van der Waals surface area contributed by atoms with Crippen molar-refractivity contribution in [2.24, 2.45) is 7.05 Å². The van der Waals surface area contributed by atoms with Crippen LogP contribution in [0.5, 0.6) is 5.88 Å². The Bertz CT molecular complexity index is 350. The third-order valence-corrected chi connectivity index (χ3v) is 1.87. The van der Waals surface area contributed by atoms with E-state index < -0.39 is 0 Å². The maximum Gasteiger partial charge on any atom is 0.230 e. The van der Waals surface area contributed by atoms with Gasteiger partial charge in [0.25, 0.3) is 0 Å². The summed E-state index contributed by atoms with van der Waals surface area (Å²) in [5.74, 6) is 0.542. The molecule has 0 aliphatic heterocycles. The fraction of sp³-hybridized carbons (Fsp3) is 0.556. The van der Waals surface area contributed by atoms with Crippen molar-refractivity contribution in [2.45, 2.75) is 6.92 Å². The highest BCUT2D eigenvalue weighted by Gasteiger charge is 2.13. The Morgan fingerprint density at radius 3 is 2.93 bits per heavy atom. The highest BCUT2D eigenvalue weighted by Crippen LogP contribution is 2.19. The van der Waals surface area contributed by atoms with E-state index in [2.05, 4.69) is 16.5 Å². The van der Waals surface area contributed by atoms with Crippen LogP contribution in [0.3, 0.4) is 0 Å². The van der Waals surface area contributed by atoms with Crippen molar-refractivity contribution < 1.29 is 4.74 Å². The minimum atomic E-state index is 0.517. The first-order valence-electron chi connectivity index (χ1n) is 4.41. The quantitative estimate of drug-likeness (QED) is 0.695. The van der Waals surface area contributed by atoms with Crippen LogP contribution in [0.15, 0.2) is 0 Å². The molecule has 1 heterocycles. The molecule has 1 rings (SSSR count). The van der Waals surface area contributed by atoms with Gasteiger partial charge in [0.1, 0.15) is 18.2 Å². The van der Waals surface area contributed by atoms with Gasteiger partial charge in [0.05, 0.1) is 5.69 Å². The van der Waals surface area contributed by atoms with Gasteiger partial charge in [-0.1, -0.05) is 0 Å². The summed E-state index contributed by atoms with van der Waals surface area (Å²) in [4.78, 5) is 0. The topological polar surface area (TPSA) is 62.9 Å². The Kier molecular flexibility index (Phi) is 3.48. The van der Waals surface area contributed by atoms with E-state index in [0.717, 1.165) is 6.54 Å². The number of hydrogen-bond acceptors (Lipinski definition) is 4. The summed E-state index contributed by atoms with van der Waals surface area (Å²) in [6, 6.07) is 2.08. The number of ether oxygens (including phenoxy) is 1. The second kappa shape index (κ2) is 4.63. The normalized spacial score (nSPS) is 9.86. The number of rotatable bonds is 4. The van der Waals surface area contributed by atoms with E-state index in [0.29, 0.717) is 23.7 Å². The molecule has 0 fully saturated rings. The molecule has 14 heavy (non-hydrogen) atoms. The molecule has 1 aromatic heterocycles. The molecule has 0 aliphatic rings. The van der Waals surface area contributed by atoms with E-state index in [1.807, 2.05) is 7.05 Å². The predicted octanol–water partition coefficient (Wildman–Crippen LogP) is 0.198. The third kappa shape index (κ3) is 2.03. The molecule has 0 aliphatic carbocycles. The summed E-state index contributed by atoms with van der Waals surface area (Å²) in [5.41, 5.74) is 1.22. The number of hydrogen-bond donors (Lipinski definition) is 1. The number of nitrogens with one attached hydrogen (secondary N) is 1. The van der Waals surface area contributed by atoms with Crippen LogP contribution in [-0.4, -0.2) is 30.0 Å². The molecule has 0 aromatic carbocycles. The van der Waals surface area contributed by atoms with E-state index in [4.69, 9.17) is 10.00 Å². The lowest BCUT2D eigenvalue weighted by atomic mass is 10.3. The van der Waals surface area contributed by atoms with Gasteiger partial charge in [-0.15, -0.1) is 0 Å². The molecule has 1 aromatic rings. The Morgan fingerprint density at radius 1 is 1.64 bits per heavy atom. The van der Waals surface area contributed by atoms with Crippen molar-refractivity contribution >= 4 is 0 Å². The largest absolute Gasteiger partial charge is 0.476 e. The van der Waals surface area contributed by atoms with E-state index >= 15 is 0 Å². The van der Waals surface area contributed by atoms with E-state index in [9.17, 15) is 0 Å². The zero-order valence-corrected chi connectivity index (χ0v) is 8.66. The predicted molar refractivity (Wildman–Crippen MR) is 52.1 cm³/mol. The highest BCUT2D eigenvalue weighted by molar-refractivity contribution is 5.41. The SMILES string of the molecule is CNCCOc1c(C#N)c(C)nn1C. The minimum Gasteiger partial charge on any atom is -0.476 e. The second-order valence-corrected chi connectivity index (χ2v) is 2.95. The molecule has 76 valence electrons. The van der Waals surface area contributed by atoms with Crippen molar-refractivity contribution in [3.8, 4) is 11.9 Å². The summed E-state index contributed by atoms with van der Waals surface area (Å²) in [6.45, 7) is 3.07. The summed E-state index contributed by atoms with van der Waals surface area (Å²) in [6.07, 6.45) is 0. The van der Waals surface area contributed by atoms with E-state index in [1.165, 1.54) is 0 Å². The Balaban J connectivity index is 2.80. The van der Waals surface area contributed by atoms with Gasteiger partial charge in [-0.25, -0.2) is 4.68 Å². The Hall–Kier alpha value is -1.54. The monoisotopic (exact) mass is 194 g/mol. The molecular formula is C9H14N4O. The molecule has 0 unspecified atom stereocenters. The molecule has 5 heteroatoms. The molecule has 0 atom stereocenters. The van der Waals surface area contributed by atoms with Crippen LogP contribution >= 0.6 is 0 Å². The average molecular weight is 194 g/mol. The maximum absolute atomic E-state index is 8.87. The maximum atomic E-state index is 8.87. The van der Waals surface area contributed by atoms with Crippen LogP contribution in [0.2, 0.25) is 0 Å². The molecular weight excluding hydrogens is 180 g/mol.